The Kier molecular flexibility index (Phi) is 5.86. The molecule has 1 aromatic carbocycles. The van der Waals surface area contributed by atoms with E-state index in [2.05, 4.69) is 10.6 Å². The summed E-state index contributed by atoms with van der Waals surface area (Å²) in [5.41, 5.74) is -0.431. The summed E-state index contributed by atoms with van der Waals surface area (Å²) in [6.07, 6.45) is 1.04. The molecule has 22 heavy (non-hydrogen) atoms. The highest BCUT2D eigenvalue weighted by Gasteiger charge is 2.25. The van der Waals surface area contributed by atoms with E-state index in [-0.39, 0.29) is 35.5 Å². The number of hydrogen-bond donors (Lipinski definition) is 2. The Labute approximate surface area is 129 Å². The van der Waals surface area contributed by atoms with E-state index in [1.807, 2.05) is 13.8 Å². The second-order valence-electron chi connectivity index (χ2n) is 5.08. The summed E-state index contributed by atoms with van der Waals surface area (Å²) in [6, 6.07) is 4.02. The van der Waals surface area contributed by atoms with Crippen LogP contribution in [0.25, 0.3) is 0 Å². The van der Waals surface area contributed by atoms with Crippen LogP contribution in [0.5, 0.6) is 0 Å². The number of nitro benzene ring substituents is 1. The predicted octanol–water partition coefficient (Wildman–Crippen LogP) is 1.32. The zero-order chi connectivity index (χ0) is 16.9. The molecule has 0 saturated carbocycles. The molecule has 9 heteroatoms. The molecule has 0 bridgehead atoms. The van der Waals surface area contributed by atoms with Gasteiger partial charge in [0.25, 0.3) is 0 Å². The van der Waals surface area contributed by atoms with Gasteiger partial charge in [-0.05, 0) is 26.0 Å². The van der Waals surface area contributed by atoms with Crippen molar-refractivity contribution in [3.8, 4) is 0 Å². The number of carbonyl (C=O) groups is 1. The fourth-order valence-electron chi connectivity index (χ4n) is 1.86. The van der Waals surface area contributed by atoms with Gasteiger partial charge in [-0.25, -0.2) is 8.42 Å². The number of amides is 1. The minimum atomic E-state index is -3.72. The molecule has 0 spiro atoms. The van der Waals surface area contributed by atoms with Crippen LogP contribution < -0.4 is 10.6 Å². The van der Waals surface area contributed by atoms with Crippen molar-refractivity contribution in [1.82, 2.24) is 5.32 Å². The SMILES string of the molecule is CC(C)NC(=O)CCNc1cccc(S(C)(=O)=O)c1[N+](=O)[O-]. The van der Waals surface area contributed by atoms with Crippen molar-refractivity contribution in [3.63, 3.8) is 0 Å². The van der Waals surface area contributed by atoms with Gasteiger partial charge >= 0.3 is 5.69 Å². The molecule has 0 aromatic heterocycles. The summed E-state index contributed by atoms with van der Waals surface area (Å²) >= 11 is 0. The Balaban J connectivity index is 2.92. The topological polar surface area (TPSA) is 118 Å². The van der Waals surface area contributed by atoms with Crippen LogP contribution in [0.2, 0.25) is 0 Å². The van der Waals surface area contributed by atoms with Gasteiger partial charge in [0.1, 0.15) is 10.6 Å². The maximum absolute atomic E-state index is 11.6. The first kappa shape index (κ1) is 17.9. The maximum atomic E-state index is 11.6. The third-order valence-corrected chi connectivity index (χ3v) is 3.83. The molecule has 0 fully saturated rings. The molecule has 1 aromatic rings. The largest absolute Gasteiger partial charge is 0.379 e. The number of nitrogens with zero attached hydrogens (tertiary/aromatic N) is 1. The van der Waals surface area contributed by atoms with Crippen molar-refractivity contribution in [3.05, 3.63) is 28.3 Å². The third-order valence-electron chi connectivity index (χ3n) is 2.70. The van der Waals surface area contributed by atoms with Gasteiger partial charge in [0.15, 0.2) is 9.84 Å². The molecule has 1 rings (SSSR count). The average molecular weight is 329 g/mol. The monoisotopic (exact) mass is 329 g/mol. The molecule has 0 atom stereocenters. The summed E-state index contributed by atoms with van der Waals surface area (Å²) in [6.45, 7) is 3.81. The fraction of sp³-hybridized carbons (Fsp3) is 0.462. The van der Waals surface area contributed by atoms with Crippen molar-refractivity contribution in [1.29, 1.82) is 0 Å². The van der Waals surface area contributed by atoms with Crippen LogP contribution in [0.15, 0.2) is 23.1 Å². The normalized spacial score (nSPS) is 11.3. The molecule has 1 amide bonds. The lowest BCUT2D eigenvalue weighted by Crippen LogP contribution is -2.31. The first-order valence-electron chi connectivity index (χ1n) is 6.63. The Morgan fingerprint density at radius 3 is 2.50 bits per heavy atom. The van der Waals surface area contributed by atoms with Gasteiger partial charge in [0.05, 0.1) is 4.92 Å². The van der Waals surface area contributed by atoms with Gasteiger partial charge in [-0.2, -0.15) is 0 Å². The molecule has 0 radical (unpaired) electrons. The lowest BCUT2D eigenvalue weighted by Gasteiger charge is -2.11. The Hall–Kier alpha value is -2.16. The number of rotatable bonds is 7. The van der Waals surface area contributed by atoms with E-state index in [4.69, 9.17) is 0 Å². The number of sulfone groups is 1. The molecule has 0 heterocycles. The standard InChI is InChI=1S/C13H19N3O5S/c1-9(2)15-12(17)7-8-14-10-5-4-6-11(22(3,20)21)13(10)16(18)19/h4-6,9,14H,7-8H2,1-3H3,(H,15,17). The summed E-state index contributed by atoms with van der Waals surface area (Å²) in [4.78, 5) is 21.6. The van der Waals surface area contributed by atoms with Crippen molar-refractivity contribution in [2.24, 2.45) is 0 Å². The fourth-order valence-corrected chi connectivity index (χ4v) is 2.72. The van der Waals surface area contributed by atoms with Crippen LogP contribution in [-0.4, -0.2) is 38.1 Å². The second kappa shape index (κ2) is 7.21. The highest BCUT2D eigenvalue weighted by molar-refractivity contribution is 7.90. The molecular weight excluding hydrogens is 310 g/mol. The van der Waals surface area contributed by atoms with E-state index in [0.717, 1.165) is 6.26 Å². The van der Waals surface area contributed by atoms with Gasteiger partial charge in [0.2, 0.25) is 5.91 Å². The summed E-state index contributed by atoms with van der Waals surface area (Å²) < 4.78 is 23.2. The van der Waals surface area contributed by atoms with Gasteiger partial charge in [-0.1, -0.05) is 6.07 Å². The second-order valence-corrected chi connectivity index (χ2v) is 7.06. The van der Waals surface area contributed by atoms with Crippen LogP contribution >= 0.6 is 0 Å². The lowest BCUT2D eigenvalue weighted by molar-refractivity contribution is -0.386. The number of benzene rings is 1. The van der Waals surface area contributed by atoms with Crippen LogP contribution in [-0.2, 0) is 14.6 Å². The van der Waals surface area contributed by atoms with Crippen LogP contribution in [0.1, 0.15) is 20.3 Å². The first-order valence-corrected chi connectivity index (χ1v) is 8.52. The highest BCUT2D eigenvalue weighted by Crippen LogP contribution is 2.31. The number of carbonyl (C=O) groups excluding carboxylic acids is 1. The molecule has 0 aliphatic rings. The number of nitrogens with one attached hydrogen (secondary N) is 2. The minimum Gasteiger partial charge on any atom is -0.379 e. The van der Waals surface area contributed by atoms with Crippen molar-refractivity contribution in [2.75, 3.05) is 18.1 Å². The summed E-state index contributed by atoms with van der Waals surface area (Å²) in [5, 5.41) is 16.6. The molecule has 0 aliphatic carbocycles. The van der Waals surface area contributed by atoms with E-state index in [9.17, 15) is 23.3 Å². The molecule has 8 nitrogen and oxygen atoms in total. The van der Waals surface area contributed by atoms with Crippen LogP contribution in [0, 0.1) is 10.1 Å². The van der Waals surface area contributed by atoms with Crippen molar-refractivity contribution in [2.45, 2.75) is 31.2 Å². The third kappa shape index (κ3) is 4.99. The highest BCUT2D eigenvalue weighted by atomic mass is 32.2. The Morgan fingerprint density at radius 2 is 2.00 bits per heavy atom. The summed E-state index contributed by atoms with van der Waals surface area (Å²) in [5.74, 6) is -0.190. The molecule has 0 aliphatic heterocycles. The van der Waals surface area contributed by atoms with Crippen molar-refractivity contribution >= 4 is 27.1 Å². The van der Waals surface area contributed by atoms with E-state index in [1.165, 1.54) is 18.2 Å². The summed E-state index contributed by atoms with van der Waals surface area (Å²) in [7, 11) is -3.72. The Morgan fingerprint density at radius 1 is 1.36 bits per heavy atom. The lowest BCUT2D eigenvalue weighted by atomic mass is 10.2. The maximum Gasteiger partial charge on any atom is 0.310 e. The number of anilines is 1. The Bertz CT molecular complexity index is 670. The van der Waals surface area contributed by atoms with E-state index in [0.29, 0.717) is 0 Å². The van der Waals surface area contributed by atoms with Crippen molar-refractivity contribution < 1.29 is 18.1 Å². The van der Waals surface area contributed by atoms with E-state index < -0.39 is 20.4 Å². The molecule has 122 valence electrons. The smallest absolute Gasteiger partial charge is 0.310 e. The van der Waals surface area contributed by atoms with E-state index >= 15 is 0 Å². The molecular formula is C13H19N3O5S. The van der Waals surface area contributed by atoms with Gasteiger partial charge in [0, 0.05) is 25.3 Å². The van der Waals surface area contributed by atoms with Gasteiger partial charge < -0.3 is 10.6 Å². The molecule has 0 unspecified atom stereocenters. The number of nitro groups is 1. The van der Waals surface area contributed by atoms with Crippen LogP contribution in [0.3, 0.4) is 0 Å². The number of hydrogen-bond acceptors (Lipinski definition) is 6. The quantitative estimate of drug-likeness (QED) is 0.575. The van der Waals surface area contributed by atoms with Gasteiger partial charge in [-0.3, -0.25) is 14.9 Å². The zero-order valence-corrected chi connectivity index (χ0v) is 13.4. The zero-order valence-electron chi connectivity index (χ0n) is 12.6. The van der Waals surface area contributed by atoms with Gasteiger partial charge in [-0.15, -0.1) is 0 Å². The molecule has 2 N–H and O–H groups in total. The predicted molar refractivity (Wildman–Crippen MR) is 82.6 cm³/mol. The molecule has 0 saturated heterocycles. The van der Waals surface area contributed by atoms with E-state index in [1.54, 1.807) is 0 Å². The number of para-hydroxylation sites is 1. The van der Waals surface area contributed by atoms with Crippen LogP contribution in [0.4, 0.5) is 11.4 Å². The first-order chi connectivity index (χ1) is 10.1. The minimum absolute atomic E-state index is 0.00963. The average Bonchev–Trinajstić information content (AvgIpc) is 2.36.